The largest absolute Gasteiger partial charge is 0.481 e. The lowest BCUT2D eigenvalue weighted by atomic mass is 9.79. The molecule has 1 heterocycles. The van der Waals surface area contributed by atoms with E-state index in [1.807, 2.05) is 19.9 Å². The van der Waals surface area contributed by atoms with Crippen molar-refractivity contribution in [3.63, 3.8) is 0 Å². The fourth-order valence-corrected chi connectivity index (χ4v) is 6.57. The summed E-state index contributed by atoms with van der Waals surface area (Å²) in [6.07, 6.45) is 0.412. The van der Waals surface area contributed by atoms with Crippen LogP contribution in [0.25, 0.3) is 6.08 Å². The molecule has 2 aromatic rings. The van der Waals surface area contributed by atoms with E-state index >= 15 is 0 Å². The molecular formula is C26H27F3O3S. The van der Waals surface area contributed by atoms with Crippen LogP contribution in [0, 0.1) is 5.41 Å². The van der Waals surface area contributed by atoms with Gasteiger partial charge in [0.05, 0.1) is 11.3 Å². The van der Waals surface area contributed by atoms with E-state index in [0.29, 0.717) is 24.8 Å². The molecule has 0 radical (unpaired) electrons. The predicted octanol–water partition coefficient (Wildman–Crippen LogP) is 6.94. The van der Waals surface area contributed by atoms with Crippen LogP contribution in [0.15, 0.2) is 24.3 Å². The first-order valence-corrected chi connectivity index (χ1v) is 12.0. The highest BCUT2D eigenvalue weighted by atomic mass is 32.1. The van der Waals surface area contributed by atoms with Gasteiger partial charge in [0.15, 0.2) is 5.78 Å². The Kier molecular flexibility index (Phi) is 6.06. The fraction of sp³-hybridized carbons (Fsp3) is 0.462. The Bertz CT molecular complexity index is 1140. The Labute approximate surface area is 195 Å². The van der Waals surface area contributed by atoms with Crippen LogP contribution in [0.3, 0.4) is 0 Å². The number of ketones is 1. The number of Topliss-reactive ketones (excluding diaryl/α,β-unsaturated/α-hetero) is 1. The molecule has 0 saturated heterocycles. The Balaban J connectivity index is 1.56. The molecular weight excluding hydrogens is 449 g/mol. The average molecular weight is 477 g/mol. The van der Waals surface area contributed by atoms with Crippen molar-refractivity contribution in [2.75, 3.05) is 0 Å². The van der Waals surface area contributed by atoms with Gasteiger partial charge in [-0.15, -0.1) is 11.3 Å². The zero-order valence-corrected chi connectivity index (χ0v) is 19.7. The standard InChI is InChI=1S/C26H27F3O3S/c1-14(2)23-18-10-11-25(3,26(27,28)29)13-22(18)33-21(23)9-8-20(30)16-5-4-15-6-7-17(24(31)32)19(15)12-16/h4-5,10-12,14,17H,6-9,13H2,1-3H3,(H,31,32). The van der Waals surface area contributed by atoms with Crippen LogP contribution in [-0.2, 0) is 24.1 Å². The second-order valence-corrected chi connectivity index (χ2v) is 10.8. The second-order valence-electron chi connectivity index (χ2n) is 9.62. The number of rotatable bonds is 6. The smallest absolute Gasteiger partial charge is 0.397 e. The molecule has 0 spiro atoms. The molecule has 2 atom stereocenters. The molecule has 2 aliphatic rings. The minimum atomic E-state index is -4.32. The summed E-state index contributed by atoms with van der Waals surface area (Å²) in [4.78, 5) is 26.1. The van der Waals surface area contributed by atoms with Crippen molar-refractivity contribution < 1.29 is 27.9 Å². The molecule has 2 unspecified atom stereocenters. The normalized spacial score (nSPS) is 21.8. The molecule has 0 amide bonds. The molecule has 4 rings (SSSR count). The summed E-state index contributed by atoms with van der Waals surface area (Å²) in [6.45, 7) is 5.26. The number of carbonyl (C=O) groups is 2. The number of thiophene rings is 1. The summed E-state index contributed by atoms with van der Waals surface area (Å²) >= 11 is 1.39. The van der Waals surface area contributed by atoms with E-state index in [9.17, 15) is 27.9 Å². The van der Waals surface area contributed by atoms with Gasteiger partial charge < -0.3 is 5.11 Å². The molecule has 33 heavy (non-hydrogen) atoms. The number of alkyl halides is 3. The molecule has 0 fully saturated rings. The lowest BCUT2D eigenvalue weighted by Gasteiger charge is -2.31. The summed E-state index contributed by atoms with van der Waals surface area (Å²) in [5.74, 6) is -1.39. The number of carboxylic acids is 1. The summed E-state index contributed by atoms with van der Waals surface area (Å²) in [5.41, 5.74) is 2.23. The number of aliphatic carboxylic acids is 1. The molecule has 0 bridgehead atoms. The van der Waals surface area contributed by atoms with Gasteiger partial charge in [-0.25, -0.2) is 0 Å². The highest BCUT2D eigenvalue weighted by Gasteiger charge is 2.51. The maximum Gasteiger partial charge on any atom is 0.397 e. The van der Waals surface area contributed by atoms with E-state index in [2.05, 4.69) is 0 Å². The highest BCUT2D eigenvalue weighted by molar-refractivity contribution is 7.12. The molecule has 0 aliphatic heterocycles. The van der Waals surface area contributed by atoms with Crippen molar-refractivity contribution >= 4 is 29.2 Å². The zero-order valence-electron chi connectivity index (χ0n) is 18.9. The number of carboxylic acid groups (broad SMARTS) is 1. The topological polar surface area (TPSA) is 54.4 Å². The second kappa shape index (κ2) is 8.42. The van der Waals surface area contributed by atoms with Gasteiger partial charge in [0.25, 0.3) is 0 Å². The van der Waals surface area contributed by atoms with Crippen LogP contribution >= 0.6 is 11.3 Å². The molecule has 1 aromatic heterocycles. The Hall–Kier alpha value is -2.41. The highest BCUT2D eigenvalue weighted by Crippen LogP contribution is 2.49. The Morgan fingerprint density at radius 2 is 2.00 bits per heavy atom. The van der Waals surface area contributed by atoms with Crippen LogP contribution in [0.1, 0.15) is 87.8 Å². The van der Waals surface area contributed by atoms with Gasteiger partial charge in [0.1, 0.15) is 0 Å². The molecule has 1 aromatic carbocycles. The van der Waals surface area contributed by atoms with Gasteiger partial charge in [-0.05, 0) is 66.8 Å². The summed E-state index contributed by atoms with van der Waals surface area (Å²) in [6, 6.07) is 5.31. The quantitative estimate of drug-likeness (QED) is 0.460. The minimum Gasteiger partial charge on any atom is -0.481 e. The van der Waals surface area contributed by atoms with Crippen molar-refractivity contribution in [1.82, 2.24) is 0 Å². The van der Waals surface area contributed by atoms with E-state index in [4.69, 9.17) is 0 Å². The average Bonchev–Trinajstić information content (AvgIpc) is 3.31. The van der Waals surface area contributed by atoms with Crippen LogP contribution in [0.4, 0.5) is 13.2 Å². The number of carbonyl (C=O) groups excluding carboxylic acids is 1. The van der Waals surface area contributed by atoms with Crippen LogP contribution in [0.5, 0.6) is 0 Å². The third kappa shape index (κ3) is 4.27. The minimum absolute atomic E-state index is 0.0782. The van der Waals surface area contributed by atoms with Crippen molar-refractivity contribution in [3.8, 4) is 0 Å². The van der Waals surface area contributed by atoms with Gasteiger partial charge >= 0.3 is 12.1 Å². The summed E-state index contributed by atoms with van der Waals surface area (Å²) in [7, 11) is 0. The van der Waals surface area contributed by atoms with Crippen molar-refractivity contribution in [2.45, 2.75) is 70.9 Å². The molecule has 176 valence electrons. The number of aryl methyl sites for hydroxylation is 2. The third-order valence-electron chi connectivity index (χ3n) is 6.93. The van der Waals surface area contributed by atoms with Crippen LogP contribution in [0.2, 0.25) is 0 Å². The predicted molar refractivity (Wildman–Crippen MR) is 123 cm³/mol. The zero-order chi connectivity index (χ0) is 24.1. The van der Waals surface area contributed by atoms with Crippen LogP contribution in [-0.4, -0.2) is 23.0 Å². The van der Waals surface area contributed by atoms with Gasteiger partial charge in [0, 0.05) is 21.7 Å². The molecule has 3 nitrogen and oxygen atoms in total. The van der Waals surface area contributed by atoms with E-state index in [1.54, 1.807) is 18.2 Å². The number of allylic oxidation sites excluding steroid dienone is 1. The number of hydrogen-bond acceptors (Lipinski definition) is 3. The van der Waals surface area contributed by atoms with Gasteiger partial charge in [-0.2, -0.15) is 13.2 Å². The third-order valence-corrected chi connectivity index (χ3v) is 8.21. The fourth-order valence-electron chi connectivity index (χ4n) is 4.95. The SMILES string of the molecule is CC(C)c1c(CCC(=O)c2ccc3c(c2)C(C(=O)O)CC3)sc2c1C=CC(C)(C(F)(F)F)C2. The maximum absolute atomic E-state index is 13.6. The van der Waals surface area contributed by atoms with Gasteiger partial charge in [-0.3, -0.25) is 9.59 Å². The lowest BCUT2D eigenvalue weighted by Crippen LogP contribution is -2.36. The van der Waals surface area contributed by atoms with E-state index in [-0.39, 0.29) is 24.5 Å². The van der Waals surface area contributed by atoms with Crippen LogP contribution < -0.4 is 0 Å². The number of fused-ring (bicyclic) bond motifs is 2. The van der Waals surface area contributed by atoms with E-state index in [0.717, 1.165) is 32.0 Å². The monoisotopic (exact) mass is 476 g/mol. The summed E-state index contributed by atoms with van der Waals surface area (Å²) in [5, 5.41) is 9.43. The first-order chi connectivity index (χ1) is 15.4. The van der Waals surface area contributed by atoms with Crippen molar-refractivity contribution in [1.29, 1.82) is 0 Å². The molecule has 0 saturated carbocycles. The van der Waals surface area contributed by atoms with E-state index < -0.39 is 23.5 Å². The number of benzene rings is 1. The molecule has 7 heteroatoms. The van der Waals surface area contributed by atoms with Crippen molar-refractivity contribution in [3.05, 3.63) is 61.8 Å². The van der Waals surface area contributed by atoms with E-state index in [1.165, 1.54) is 24.3 Å². The number of halogens is 3. The molecule has 1 N–H and O–H groups in total. The molecule has 2 aliphatic carbocycles. The van der Waals surface area contributed by atoms with Gasteiger partial charge in [-0.1, -0.05) is 38.1 Å². The van der Waals surface area contributed by atoms with Gasteiger partial charge in [0.2, 0.25) is 0 Å². The maximum atomic E-state index is 13.6. The Morgan fingerprint density at radius 3 is 2.64 bits per heavy atom. The number of hydrogen-bond donors (Lipinski definition) is 1. The Morgan fingerprint density at radius 1 is 1.27 bits per heavy atom. The first kappa shape index (κ1) is 23.7. The lowest BCUT2D eigenvalue weighted by molar-refractivity contribution is -0.199. The van der Waals surface area contributed by atoms with Crippen molar-refractivity contribution in [2.24, 2.45) is 5.41 Å². The first-order valence-electron chi connectivity index (χ1n) is 11.2. The summed E-state index contributed by atoms with van der Waals surface area (Å²) < 4.78 is 40.7.